The highest BCUT2D eigenvalue weighted by Crippen LogP contribution is 2.14. The molecule has 0 saturated carbocycles. The summed E-state index contributed by atoms with van der Waals surface area (Å²) in [6, 6.07) is 0. The molecule has 4 unspecified atom stereocenters. The Morgan fingerprint density at radius 1 is 0.609 bits per heavy atom. The van der Waals surface area contributed by atoms with E-state index in [1.165, 1.54) is 0 Å². The highest BCUT2D eigenvalue weighted by Gasteiger charge is 2.25. The van der Waals surface area contributed by atoms with Crippen molar-refractivity contribution >= 4 is 0 Å². The molecule has 4 fully saturated rings. The third kappa shape index (κ3) is 11.8. The van der Waals surface area contributed by atoms with Gasteiger partial charge < -0.3 is 33.2 Å². The SMILES string of the molecule is C.C.C(CC1CO1)OCC1CO1.C(OCC1CO1)OCC1CO1. The Morgan fingerprint density at radius 2 is 1.00 bits per heavy atom. The summed E-state index contributed by atoms with van der Waals surface area (Å²) < 4.78 is 35.5. The first-order valence-corrected chi connectivity index (χ1v) is 7.60. The van der Waals surface area contributed by atoms with Crippen LogP contribution < -0.4 is 0 Å². The molecule has 23 heavy (non-hydrogen) atoms. The summed E-state index contributed by atoms with van der Waals surface area (Å²) in [6.45, 7) is 6.77. The molecule has 138 valence electrons. The molecule has 0 N–H and O–H groups in total. The fourth-order valence-corrected chi connectivity index (χ4v) is 1.58. The number of hydrogen-bond acceptors (Lipinski definition) is 7. The van der Waals surface area contributed by atoms with E-state index in [-0.39, 0.29) is 14.9 Å². The summed E-state index contributed by atoms with van der Waals surface area (Å²) in [4.78, 5) is 0. The van der Waals surface area contributed by atoms with Crippen LogP contribution in [0.2, 0.25) is 0 Å². The van der Waals surface area contributed by atoms with Gasteiger partial charge >= 0.3 is 0 Å². The van der Waals surface area contributed by atoms with Gasteiger partial charge in [0.05, 0.1) is 52.4 Å². The zero-order valence-corrected chi connectivity index (χ0v) is 12.2. The van der Waals surface area contributed by atoms with Crippen LogP contribution in [0.3, 0.4) is 0 Å². The second kappa shape index (κ2) is 11.3. The largest absolute Gasteiger partial charge is 0.379 e. The zero-order valence-electron chi connectivity index (χ0n) is 12.2. The van der Waals surface area contributed by atoms with Crippen molar-refractivity contribution in [2.24, 2.45) is 0 Å². The molecule has 4 saturated heterocycles. The highest BCUT2D eigenvalue weighted by molar-refractivity contribution is 4.70. The molecule has 4 aliphatic heterocycles. The molecule has 0 aliphatic carbocycles. The number of rotatable bonds is 11. The van der Waals surface area contributed by atoms with Crippen molar-refractivity contribution < 1.29 is 33.2 Å². The first-order chi connectivity index (χ1) is 10.4. The maximum absolute atomic E-state index is 5.30. The minimum atomic E-state index is 0. The van der Waals surface area contributed by atoms with Gasteiger partial charge in [-0.1, -0.05) is 14.9 Å². The zero-order chi connectivity index (χ0) is 14.3. The maximum atomic E-state index is 5.30. The molecule has 0 amide bonds. The van der Waals surface area contributed by atoms with Crippen molar-refractivity contribution in [2.45, 2.75) is 45.7 Å². The van der Waals surface area contributed by atoms with Gasteiger partial charge in [0.25, 0.3) is 0 Å². The lowest BCUT2D eigenvalue weighted by Crippen LogP contribution is -2.08. The van der Waals surface area contributed by atoms with Gasteiger partial charge in [-0.05, 0) is 6.42 Å². The number of epoxide rings is 4. The lowest BCUT2D eigenvalue weighted by atomic mass is 10.3. The Balaban J connectivity index is 0.000000212. The Kier molecular flexibility index (Phi) is 10.2. The first kappa shape index (κ1) is 20.8. The van der Waals surface area contributed by atoms with Gasteiger partial charge in [0, 0.05) is 6.61 Å². The van der Waals surface area contributed by atoms with E-state index in [0.29, 0.717) is 44.4 Å². The first-order valence-electron chi connectivity index (χ1n) is 7.60. The molecule has 0 radical (unpaired) electrons. The summed E-state index contributed by atoms with van der Waals surface area (Å²) in [5, 5.41) is 0. The average molecular weight is 336 g/mol. The standard InChI is InChI=1S/C7H12O4.C7H12O3.2CH4/c1(6-3-10-6)8-5-9-2-7-4-11-7;1(6-4-9-6)2-8-3-7-5-10-7;;/h6-7H,1-5H2;6-7H,1-5H2;2*1H4. The van der Waals surface area contributed by atoms with E-state index < -0.39 is 0 Å². The van der Waals surface area contributed by atoms with Crippen LogP contribution >= 0.6 is 0 Å². The lowest BCUT2D eigenvalue weighted by molar-refractivity contribution is -0.0611. The van der Waals surface area contributed by atoms with Crippen LogP contribution in [-0.2, 0) is 33.2 Å². The van der Waals surface area contributed by atoms with Crippen LogP contribution in [0.5, 0.6) is 0 Å². The third-order valence-corrected chi connectivity index (χ3v) is 3.27. The second-order valence-electron chi connectivity index (χ2n) is 5.54. The third-order valence-electron chi connectivity index (χ3n) is 3.27. The smallest absolute Gasteiger partial charge is 0.146 e. The summed E-state index contributed by atoms with van der Waals surface area (Å²) >= 11 is 0. The van der Waals surface area contributed by atoms with Crippen molar-refractivity contribution in [2.75, 3.05) is 59.6 Å². The van der Waals surface area contributed by atoms with E-state index in [4.69, 9.17) is 33.2 Å². The van der Waals surface area contributed by atoms with Crippen LogP contribution in [-0.4, -0.2) is 84.1 Å². The van der Waals surface area contributed by atoms with Crippen molar-refractivity contribution in [3.05, 3.63) is 0 Å². The van der Waals surface area contributed by atoms with Crippen molar-refractivity contribution in [3.8, 4) is 0 Å². The van der Waals surface area contributed by atoms with Crippen LogP contribution in [0, 0.1) is 0 Å². The van der Waals surface area contributed by atoms with Gasteiger partial charge in [-0.2, -0.15) is 0 Å². The van der Waals surface area contributed by atoms with Crippen molar-refractivity contribution in [1.82, 2.24) is 0 Å². The maximum Gasteiger partial charge on any atom is 0.146 e. The molecule has 0 aromatic rings. The summed E-state index contributed by atoms with van der Waals surface area (Å²) in [5.74, 6) is 0. The molecule has 0 aromatic carbocycles. The van der Waals surface area contributed by atoms with Crippen LogP contribution in [0.1, 0.15) is 21.3 Å². The molecule has 4 heterocycles. The fourth-order valence-electron chi connectivity index (χ4n) is 1.58. The van der Waals surface area contributed by atoms with Gasteiger partial charge in [-0.15, -0.1) is 0 Å². The van der Waals surface area contributed by atoms with Gasteiger partial charge in [0.15, 0.2) is 0 Å². The summed E-state index contributed by atoms with van der Waals surface area (Å²) in [5.41, 5.74) is 0. The topological polar surface area (TPSA) is 77.8 Å². The van der Waals surface area contributed by atoms with E-state index in [2.05, 4.69) is 0 Å². The normalized spacial score (nSPS) is 31.8. The van der Waals surface area contributed by atoms with Crippen molar-refractivity contribution in [1.29, 1.82) is 0 Å². The Morgan fingerprint density at radius 3 is 1.39 bits per heavy atom. The summed E-state index contributed by atoms with van der Waals surface area (Å²) in [6.07, 6.45) is 2.61. The molecule has 0 spiro atoms. The van der Waals surface area contributed by atoms with Crippen molar-refractivity contribution in [3.63, 3.8) is 0 Å². The van der Waals surface area contributed by atoms with Crippen LogP contribution in [0.25, 0.3) is 0 Å². The Hall–Kier alpha value is -0.280. The minimum Gasteiger partial charge on any atom is -0.379 e. The van der Waals surface area contributed by atoms with Crippen LogP contribution in [0.4, 0.5) is 0 Å². The van der Waals surface area contributed by atoms with E-state index in [9.17, 15) is 0 Å². The molecule has 7 nitrogen and oxygen atoms in total. The molecule has 4 rings (SSSR count). The predicted octanol–water partition coefficient (Wildman–Crippen LogP) is 1.24. The fraction of sp³-hybridized carbons (Fsp3) is 1.00. The quantitative estimate of drug-likeness (QED) is 0.319. The Bertz CT molecular complexity index is 258. The van der Waals surface area contributed by atoms with Gasteiger partial charge in [0.2, 0.25) is 0 Å². The monoisotopic (exact) mass is 336 g/mol. The molecule has 7 heteroatoms. The second-order valence-corrected chi connectivity index (χ2v) is 5.54. The van der Waals surface area contributed by atoms with E-state index in [0.717, 1.165) is 46.1 Å². The molecule has 0 aromatic heterocycles. The molecular weight excluding hydrogens is 304 g/mol. The van der Waals surface area contributed by atoms with Crippen LogP contribution in [0.15, 0.2) is 0 Å². The molecule has 0 bridgehead atoms. The number of hydrogen-bond donors (Lipinski definition) is 0. The van der Waals surface area contributed by atoms with E-state index in [1.54, 1.807) is 0 Å². The van der Waals surface area contributed by atoms with E-state index in [1.807, 2.05) is 0 Å². The lowest BCUT2D eigenvalue weighted by Gasteiger charge is -2.01. The summed E-state index contributed by atoms with van der Waals surface area (Å²) in [7, 11) is 0. The van der Waals surface area contributed by atoms with Gasteiger partial charge in [-0.3, -0.25) is 0 Å². The molecule has 4 aliphatic rings. The minimum absolute atomic E-state index is 0. The number of ether oxygens (including phenoxy) is 7. The average Bonchev–Trinajstić information content (AvgIpc) is 3.37. The predicted molar refractivity (Wildman–Crippen MR) is 84.6 cm³/mol. The van der Waals surface area contributed by atoms with Gasteiger partial charge in [-0.25, -0.2) is 0 Å². The highest BCUT2D eigenvalue weighted by atomic mass is 16.7. The Labute approximate surface area is 139 Å². The molecular formula is C16H32O7. The molecule has 4 atom stereocenters. The van der Waals surface area contributed by atoms with Gasteiger partial charge in [0.1, 0.15) is 25.1 Å². The van der Waals surface area contributed by atoms with E-state index >= 15 is 0 Å².